The summed E-state index contributed by atoms with van der Waals surface area (Å²) >= 11 is 0. The maximum Gasteiger partial charge on any atom is 0.131 e. The maximum absolute atomic E-state index is 13.8. The van der Waals surface area contributed by atoms with E-state index in [1.54, 1.807) is 24.3 Å². The monoisotopic (exact) mass is 247 g/mol. The summed E-state index contributed by atoms with van der Waals surface area (Å²) in [6.45, 7) is 3.58. The highest BCUT2D eigenvalue weighted by Crippen LogP contribution is 2.24. The first-order valence-electron chi connectivity index (χ1n) is 5.96. The molecule has 0 unspecified atom stereocenters. The number of benzene rings is 2. The van der Waals surface area contributed by atoms with Gasteiger partial charge in [0.1, 0.15) is 11.6 Å². The van der Waals surface area contributed by atoms with Crippen molar-refractivity contribution in [2.24, 2.45) is 0 Å². The van der Waals surface area contributed by atoms with Gasteiger partial charge in [-0.1, -0.05) is 25.1 Å². The van der Waals surface area contributed by atoms with Crippen LogP contribution in [-0.2, 0) is 6.54 Å². The van der Waals surface area contributed by atoms with Gasteiger partial charge in [-0.2, -0.15) is 0 Å². The van der Waals surface area contributed by atoms with Gasteiger partial charge in [-0.25, -0.2) is 8.78 Å². The topological polar surface area (TPSA) is 12.0 Å². The summed E-state index contributed by atoms with van der Waals surface area (Å²) in [5.41, 5.74) is 2.20. The average molecular weight is 247 g/mol. The van der Waals surface area contributed by atoms with Crippen LogP contribution in [0.15, 0.2) is 42.5 Å². The summed E-state index contributed by atoms with van der Waals surface area (Å²) in [7, 11) is 0. The third-order valence-corrected chi connectivity index (χ3v) is 2.77. The predicted molar refractivity (Wildman–Crippen MR) is 69.2 cm³/mol. The molecule has 0 saturated carbocycles. The Labute approximate surface area is 105 Å². The molecule has 1 N–H and O–H groups in total. The Hall–Kier alpha value is -1.74. The Bertz CT molecular complexity index is 521. The minimum absolute atomic E-state index is 0.290. The van der Waals surface area contributed by atoms with Crippen molar-refractivity contribution in [3.63, 3.8) is 0 Å². The smallest absolute Gasteiger partial charge is 0.131 e. The molecule has 0 aliphatic rings. The highest BCUT2D eigenvalue weighted by atomic mass is 19.1. The van der Waals surface area contributed by atoms with E-state index in [9.17, 15) is 8.78 Å². The molecule has 0 atom stereocenters. The molecule has 0 saturated heterocycles. The summed E-state index contributed by atoms with van der Waals surface area (Å²) < 4.78 is 26.6. The van der Waals surface area contributed by atoms with Crippen molar-refractivity contribution in [2.75, 3.05) is 6.54 Å². The number of hydrogen-bond donors (Lipinski definition) is 1. The Balaban J connectivity index is 2.33. The van der Waals surface area contributed by atoms with Crippen LogP contribution in [0.25, 0.3) is 11.1 Å². The summed E-state index contributed by atoms with van der Waals surface area (Å²) in [4.78, 5) is 0. The summed E-state index contributed by atoms with van der Waals surface area (Å²) in [5.74, 6) is -0.607. The maximum atomic E-state index is 13.8. The van der Waals surface area contributed by atoms with E-state index in [1.807, 2.05) is 6.92 Å². The van der Waals surface area contributed by atoms with Crippen LogP contribution in [-0.4, -0.2) is 6.54 Å². The SMILES string of the molecule is CCNCc1ccc(F)c(-c2ccc(F)cc2)c1. The van der Waals surface area contributed by atoms with Crippen LogP contribution < -0.4 is 5.32 Å². The van der Waals surface area contributed by atoms with E-state index in [2.05, 4.69) is 5.32 Å². The van der Waals surface area contributed by atoms with Gasteiger partial charge in [-0.3, -0.25) is 0 Å². The summed E-state index contributed by atoms with van der Waals surface area (Å²) in [6.07, 6.45) is 0. The molecule has 3 heteroatoms. The van der Waals surface area contributed by atoms with E-state index in [4.69, 9.17) is 0 Å². The molecule has 0 aliphatic carbocycles. The van der Waals surface area contributed by atoms with Gasteiger partial charge in [-0.05, 0) is 41.9 Å². The zero-order valence-corrected chi connectivity index (χ0v) is 10.2. The van der Waals surface area contributed by atoms with Gasteiger partial charge >= 0.3 is 0 Å². The summed E-state index contributed by atoms with van der Waals surface area (Å²) in [5, 5.41) is 3.19. The lowest BCUT2D eigenvalue weighted by molar-refractivity contribution is 0.625. The Kier molecular flexibility index (Phi) is 4.05. The van der Waals surface area contributed by atoms with Crippen molar-refractivity contribution in [2.45, 2.75) is 13.5 Å². The fourth-order valence-electron chi connectivity index (χ4n) is 1.80. The third kappa shape index (κ3) is 2.93. The molecule has 18 heavy (non-hydrogen) atoms. The second-order valence-corrected chi connectivity index (χ2v) is 4.10. The number of nitrogens with one attached hydrogen (secondary N) is 1. The van der Waals surface area contributed by atoms with E-state index in [-0.39, 0.29) is 11.6 Å². The van der Waals surface area contributed by atoms with Crippen LogP contribution in [0.4, 0.5) is 8.78 Å². The van der Waals surface area contributed by atoms with Gasteiger partial charge in [-0.15, -0.1) is 0 Å². The molecule has 0 heterocycles. The molecule has 94 valence electrons. The lowest BCUT2D eigenvalue weighted by Gasteiger charge is -2.07. The van der Waals surface area contributed by atoms with Crippen LogP contribution >= 0.6 is 0 Å². The molecule has 0 radical (unpaired) electrons. The lowest BCUT2D eigenvalue weighted by atomic mass is 10.0. The number of halogens is 2. The molecular formula is C15H15F2N. The minimum Gasteiger partial charge on any atom is -0.313 e. The quantitative estimate of drug-likeness (QED) is 0.867. The molecule has 0 bridgehead atoms. The van der Waals surface area contributed by atoms with Crippen LogP contribution in [0.5, 0.6) is 0 Å². The molecular weight excluding hydrogens is 232 g/mol. The summed E-state index contributed by atoms with van der Waals surface area (Å²) in [6, 6.07) is 10.9. The van der Waals surface area contributed by atoms with Gasteiger partial charge in [0.25, 0.3) is 0 Å². The van der Waals surface area contributed by atoms with Crippen molar-refractivity contribution in [1.82, 2.24) is 5.32 Å². The molecule has 0 fully saturated rings. The van der Waals surface area contributed by atoms with Crippen molar-refractivity contribution >= 4 is 0 Å². The Morgan fingerprint density at radius 3 is 2.39 bits per heavy atom. The van der Waals surface area contributed by atoms with E-state index in [0.29, 0.717) is 17.7 Å². The standard InChI is InChI=1S/C15H15F2N/c1-2-18-10-11-3-8-15(17)14(9-11)12-4-6-13(16)7-5-12/h3-9,18H,2,10H2,1H3. The van der Waals surface area contributed by atoms with Gasteiger partial charge in [0.2, 0.25) is 0 Å². The first-order chi connectivity index (χ1) is 8.70. The largest absolute Gasteiger partial charge is 0.313 e. The zero-order chi connectivity index (χ0) is 13.0. The van der Waals surface area contributed by atoms with Crippen LogP contribution in [0, 0.1) is 11.6 Å². The van der Waals surface area contributed by atoms with Gasteiger partial charge in [0.05, 0.1) is 0 Å². The molecule has 2 rings (SSSR count). The first kappa shape index (κ1) is 12.7. The molecule has 0 aromatic heterocycles. The molecule has 1 nitrogen and oxygen atoms in total. The molecule has 2 aromatic carbocycles. The fraction of sp³-hybridized carbons (Fsp3) is 0.200. The van der Waals surface area contributed by atoms with Crippen molar-refractivity contribution in [3.8, 4) is 11.1 Å². The van der Waals surface area contributed by atoms with E-state index >= 15 is 0 Å². The van der Waals surface area contributed by atoms with Crippen molar-refractivity contribution in [3.05, 3.63) is 59.7 Å². The number of hydrogen-bond acceptors (Lipinski definition) is 1. The fourth-order valence-corrected chi connectivity index (χ4v) is 1.80. The average Bonchev–Trinajstić information content (AvgIpc) is 2.39. The predicted octanol–water partition coefficient (Wildman–Crippen LogP) is 3.74. The molecule has 2 aromatic rings. The van der Waals surface area contributed by atoms with Crippen LogP contribution in [0.1, 0.15) is 12.5 Å². The second-order valence-electron chi connectivity index (χ2n) is 4.10. The zero-order valence-electron chi connectivity index (χ0n) is 10.2. The van der Waals surface area contributed by atoms with E-state index in [1.165, 1.54) is 18.2 Å². The Morgan fingerprint density at radius 2 is 1.72 bits per heavy atom. The molecule has 0 amide bonds. The van der Waals surface area contributed by atoms with Crippen LogP contribution in [0.3, 0.4) is 0 Å². The van der Waals surface area contributed by atoms with Crippen molar-refractivity contribution in [1.29, 1.82) is 0 Å². The van der Waals surface area contributed by atoms with Crippen LogP contribution in [0.2, 0.25) is 0 Å². The van der Waals surface area contributed by atoms with Gasteiger partial charge in [0.15, 0.2) is 0 Å². The third-order valence-electron chi connectivity index (χ3n) is 2.77. The van der Waals surface area contributed by atoms with E-state index < -0.39 is 0 Å². The minimum atomic E-state index is -0.317. The normalized spacial score (nSPS) is 10.6. The lowest BCUT2D eigenvalue weighted by Crippen LogP contribution is -2.11. The van der Waals surface area contributed by atoms with Gasteiger partial charge < -0.3 is 5.32 Å². The molecule has 0 spiro atoms. The molecule has 0 aliphatic heterocycles. The Morgan fingerprint density at radius 1 is 1.00 bits per heavy atom. The number of rotatable bonds is 4. The highest BCUT2D eigenvalue weighted by Gasteiger charge is 2.06. The second kappa shape index (κ2) is 5.74. The first-order valence-corrected chi connectivity index (χ1v) is 5.96. The highest BCUT2D eigenvalue weighted by molar-refractivity contribution is 5.64. The van der Waals surface area contributed by atoms with E-state index in [0.717, 1.165) is 12.1 Å². The van der Waals surface area contributed by atoms with Crippen molar-refractivity contribution < 1.29 is 8.78 Å². The van der Waals surface area contributed by atoms with Gasteiger partial charge in [0, 0.05) is 12.1 Å².